The van der Waals surface area contributed by atoms with E-state index in [1.807, 2.05) is 48.0 Å². The maximum atomic E-state index is 6.25. The number of hydrogen-bond acceptors (Lipinski definition) is 6. The topological polar surface area (TPSA) is 69.6 Å². The molecule has 4 aromatic rings. The van der Waals surface area contributed by atoms with Gasteiger partial charge in [0.1, 0.15) is 0 Å². The lowest BCUT2D eigenvalue weighted by Gasteiger charge is -2.04. The number of nitrogens with zero attached hydrogens (tertiary/aromatic N) is 5. The maximum Gasteiger partial charge on any atom is 0.247 e. The van der Waals surface area contributed by atoms with Crippen LogP contribution in [0.1, 0.15) is 5.89 Å². The first-order valence-electron chi connectivity index (χ1n) is 7.97. The van der Waals surface area contributed by atoms with Crippen LogP contribution < -0.4 is 0 Å². The average Bonchev–Trinajstić information content (AvgIpc) is 3.28. The summed E-state index contributed by atoms with van der Waals surface area (Å²) in [5, 5.41) is 18.7. The lowest BCUT2D eigenvalue weighted by Crippen LogP contribution is -1.95. The third-order valence-corrected chi connectivity index (χ3v) is 5.42. The molecule has 4 rings (SSSR count). The lowest BCUT2D eigenvalue weighted by atomic mass is 10.2. The predicted octanol–water partition coefficient (Wildman–Crippen LogP) is 5.13. The Bertz CT molecular complexity index is 1080. The second-order valence-electron chi connectivity index (χ2n) is 5.64. The molecule has 0 spiro atoms. The highest BCUT2D eigenvalue weighted by atomic mass is 35.5. The molecule has 27 heavy (non-hydrogen) atoms. The Labute approximate surface area is 169 Å². The Morgan fingerprint density at radius 3 is 2.52 bits per heavy atom. The zero-order chi connectivity index (χ0) is 18.8. The lowest BCUT2D eigenvalue weighted by molar-refractivity contribution is 0.528. The van der Waals surface area contributed by atoms with E-state index in [-0.39, 0.29) is 0 Å². The van der Waals surface area contributed by atoms with Gasteiger partial charge in [-0.15, -0.1) is 20.4 Å². The normalized spacial score (nSPS) is 11.1. The number of aromatic nitrogens is 5. The zero-order valence-corrected chi connectivity index (χ0v) is 16.5. The predicted molar refractivity (Wildman–Crippen MR) is 106 cm³/mol. The van der Waals surface area contributed by atoms with Crippen LogP contribution in [0.3, 0.4) is 0 Å². The van der Waals surface area contributed by atoms with Gasteiger partial charge in [0.2, 0.25) is 11.8 Å². The Kier molecular flexibility index (Phi) is 5.15. The van der Waals surface area contributed by atoms with Crippen LogP contribution >= 0.6 is 35.0 Å². The van der Waals surface area contributed by atoms with Gasteiger partial charge < -0.3 is 8.98 Å². The van der Waals surface area contributed by atoms with Gasteiger partial charge in [-0.1, -0.05) is 47.1 Å². The summed E-state index contributed by atoms with van der Waals surface area (Å²) in [5.41, 5.74) is 1.66. The summed E-state index contributed by atoms with van der Waals surface area (Å²) in [6, 6.07) is 14.8. The van der Waals surface area contributed by atoms with Gasteiger partial charge in [0, 0.05) is 23.2 Å². The third kappa shape index (κ3) is 3.85. The highest BCUT2D eigenvalue weighted by Gasteiger charge is 2.15. The van der Waals surface area contributed by atoms with Crippen molar-refractivity contribution in [2.24, 2.45) is 7.05 Å². The molecule has 0 atom stereocenters. The average molecular weight is 418 g/mol. The van der Waals surface area contributed by atoms with Gasteiger partial charge in [-0.2, -0.15) is 0 Å². The Morgan fingerprint density at radius 1 is 0.963 bits per heavy atom. The summed E-state index contributed by atoms with van der Waals surface area (Å²) in [4.78, 5) is 0. The van der Waals surface area contributed by atoms with E-state index in [1.165, 1.54) is 11.8 Å². The van der Waals surface area contributed by atoms with Crippen molar-refractivity contribution in [1.29, 1.82) is 0 Å². The second-order valence-corrected chi connectivity index (χ2v) is 7.43. The molecule has 2 aromatic carbocycles. The molecule has 0 saturated carbocycles. The molecule has 0 bridgehead atoms. The highest BCUT2D eigenvalue weighted by Crippen LogP contribution is 2.29. The third-order valence-electron chi connectivity index (χ3n) is 3.83. The molecule has 0 aliphatic heterocycles. The molecule has 0 unspecified atom stereocenters. The summed E-state index contributed by atoms with van der Waals surface area (Å²) < 4.78 is 7.61. The highest BCUT2D eigenvalue weighted by molar-refractivity contribution is 7.98. The first kappa shape index (κ1) is 18.0. The largest absolute Gasteiger partial charge is 0.420 e. The molecule has 0 N–H and O–H groups in total. The second kappa shape index (κ2) is 7.72. The van der Waals surface area contributed by atoms with Gasteiger partial charge in [0.15, 0.2) is 11.0 Å². The number of hydrogen-bond donors (Lipinski definition) is 0. The van der Waals surface area contributed by atoms with Gasteiger partial charge in [-0.05, 0) is 36.4 Å². The molecule has 0 fully saturated rings. The summed E-state index contributed by atoms with van der Waals surface area (Å²) in [6.07, 6.45) is 0. The summed E-state index contributed by atoms with van der Waals surface area (Å²) in [6.45, 7) is 0. The molecule has 136 valence electrons. The molecule has 0 radical (unpaired) electrons. The Balaban J connectivity index is 1.49. The van der Waals surface area contributed by atoms with Crippen molar-refractivity contribution in [2.45, 2.75) is 10.9 Å². The fourth-order valence-corrected chi connectivity index (χ4v) is 3.56. The molecule has 0 aliphatic carbocycles. The van der Waals surface area contributed by atoms with Crippen molar-refractivity contribution >= 4 is 35.0 Å². The van der Waals surface area contributed by atoms with E-state index in [9.17, 15) is 0 Å². The number of benzene rings is 2. The number of rotatable bonds is 5. The van der Waals surface area contributed by atoms with Crippen molar-refractivity contribution in [3.63, 3.8) is 0 Å². The molecular weight excluding hydrogens is 405 g/mol. The molecule has 9 heteroatoms. The van der Waals surface area contributed by atoms with Crippen LogP contribution in [0.5, 0.6) is 0 Å². The fraction of sp³-hybridized carbons (Fsp3) is 0.111. The molecule has 0 aliphatic rings. The van der Waals surface area contributed by atoms with Crippen molar-refractivity contribution in [1.82, 2.24) is 25.0 Å². The Hall–Kier alpha value is -2.35. The fourth-order valence-electron chi connectivity index (χ4n) is 2.47. The number of halogens is 2. The molecular formula is C18H13Cl2N5OS. The van der Waals surface area contributed by atoms with Crippen LogP contribution in [0.4, 0.5) is 0 Å². The van der Waals surface area contributed by atoms with Crippen molar-refractivity contribution in [3.05, 3.63) is 64.5 Å². The number of thioether (sulfide) groups is 1. The maximum absolute atomic E-state index is 6.25. The summed E-state index contributed by atoms with van der Waals surface area (Å²) >= 11 is 13.6. The van der Waals surface area contributed by atoms with Crippen LogP contribution in [-0.4, -0.2) is 25.0 Å². The van der Waals surface area contributed by atoms with E-state index in [0.717, 1.165) is 16.3 Å². The summed E-state index contributed by atoms with van der Waals surface area (Å²) in [7, 11) is 1.90. The first-order chi connectivity index (χ1) is 13.1. The van der Waals surface area contributed by atoms with E-state index in [2.05, 4.69) is 20.4 Å². The SMILES string of the molecule is Cn1c(SCc2nnc(-c3ccc(Cl)cc3)o2)nnc1-c1ccccc1Cl. The van der Waals surface area contributed by atoms with Crippen molar-refractivity contribution in [3.8, 4) is 22.8 Å². The zero-order valence-electron chi connectivity index (χ0n) is 14.1. The van der Waals surface area contributed by atoms with Crippen LogP contribution in [0.2, 0.25) is 10.0 Å². The Morgan fingerprint density at radius 2 is 1.74 bits per heavy atom. The van der Waals surface area contributed by atoms with Crippen LogP contribution in [-0.2, 0) is 12.8 Å². The monoisotopic (exact) mass is 417 g/mol. The molecule has 2 aromatic heterocycles. The van der Waals surface area contributed by atoms with E-state index in [1.54, 1.807) is 12.1 Å². The van der Waals surface area contributed by atoms with Crippen LogP contribution in [0, 0.1) is 0 Å². The van der Waals surface area contributed by atoms with Crippen LogP contribution in [0.15, 0.2) is 58.1 Å². The standard InChI is InChI=1S/C18H13Cl2N5OS/c1-25-16(13-4-2-3-5-14(13)20)22-24-18(25)27-10-15-21-23-17(26-15)11-6-8-12(19)9-7-11/h2-9H,10H2,1H3. The van der Waals surface area contributed by atoms with E-state index >= 15 is 0 Å². The van der Waals surface area contributed by atoms with Crippen molar-refractivity contribution in [2.75, 3.05) is 0 Å². The van der Waals surface area contributed by atoms with Crippen LogP contribution in [0.25, 0.3) is 22.8 Å². The van der Waals surface area contributed by atoms with Crippen molar-refractivity contribution < 1.29 is 4.42 Å². The smallest absolute Gasteiger partial charge is 0.247 e. The van der Waals surface area contributed by atoms with E-state index < -0.39 is 0 Å². The van der Waals surface area contributed by atoms with E-state index in [0.29, 0.717) is 33.4 Å². The first-order valence-corrected chi connectivity index (χ1v) is 9.71. The van der Waals surface area contributed by atoms with Gasteiger partial charge in [-0.3, -0.25) is 0 Å². The molecule has 2 heterocycles. The minimum absolute atomic E-state index is 0.456. The quantitative estimate of drug-likeness (QED) is 0.419. The van der Waals surface area contributed by atoms with E-state index in [4.69, 9.17) is 27.6 Å². The minimum atomic E-state index is 0.456. The molecule has 6 nitrogen and oxygen atoms in total. The minimum Gasteiger partial charge on any atom is -0.420 e. The van der Waals surface area contributed by atoms with Gasteiger partial charge in [0.25, 0.3) is 0 Å². The summed E-state index contributed by atoms with van der Waals surface area (Å²) in [5.74, 6) is 2.15. The van der Waals surface area contributed by atoms with Gasteiger partial charge >= 0.3 is 0 Å². The van der Waals surface area contributed by atoms with Gasteiger partial charge in [0.05, 0.1) is 10.8 Å². The van der Waals surface area contributed by atoms with Gasteiger partial charge in [-0.25, -0.2) is 0 Å². The molecule has 0 saturated heterocycles. The molecule has 0 amide bonds.